The van der Waals surface area contributed by atoms with Gasteiger partial charge in [0.15, 0.2) is 6.61 Å². The van der Waals surface area contributed by atoms with Crippen LogP contribution in [0.25, 0.3) is 0 Å². The molecule has 0 aliphatic rings. The summed E-state index contributed by atoms with van der Waals surface area (Å²) in [7, 11) is 1.81. The van der Waals surface area contributed by atoms with Gasteiger partial charge in [-0.25, -0.2) is 4.79 Å². The number of rotatable bonds is 3. The Balaban J connectivity index is 2.67. The fourth-order valence-corrected chi connectivity index (χ4v) is 0.964. The monoisotopic (exact) mass is 189 g/mol. The highest BCUT2D eigenvalue weighted by molar-refractivity contribution is 5.89. The van der Waals surface area contributed by atoms with Crippen LogP contribution in [0.5, 0.6) is 0 Å². The molecule has 0 heterocycles. The largest absolute Gasteiger partial charge is 0.449 e. The summed E-state index contributed by atoms with van der Waals surface area (Å²) in [6.45, 7) is 0.00656. The predicted molar refractivity (Wildman–Crippen MR) is 55.1 cm³/mol. The molecule has 0 bridgehead atoms. The van der Waals surface area contributed by atoms with Crippen LogP contribution in [0, 0.1) is 12.3 Å². The number of esters is 1. The highest BCUT2D eigenvalue weighted by Gasteiger charge is 2.04. The quantitative estimate of drug-likeness (QED) is 0.578. The van der Waals surface area contributed by atoms with Crippen LogP contribution in [0.1, 0.15) is 10.4 Å². The molecule has 0 saturated heterocycles. The molecule has 1 N–H and O–H groups in total. The summed E-state index contributed by atoms with van der Waals surface area (Å²) >= 11 is 0. The SMILES string of the molecule is C#CCOC(=O)c1ccc(NC)cc1. The van der Waals surface area contributed by atoms with E-state index in [4.69, 9.17) is 11.2 Å². The number of ether oxygens (including phenoxy) is 1. The minimum atomic E-state index is -0.398. The van der Waals surface area contributed by atoms with Crippen molar-refractivity contribution in [1.29, 1.82) is 0 Å². The fraction of sp³-hybridized carbons (Fsp3) is 0.182. The standard InChI is InChI=1S/C11H11NO2/c1-3-8-14-11(13)9-4-6-10(12-2)7-5-9/h1,4-7,12H,8H2,2H3. The Morgan fingerprint density at radius 3 is 2.64 bits per heavy atom. The Morgan fingerprint density at radius 2 is 2.14 bits per heavy atom. The van der Waals surface area contributed by atoms with Crippen molar-refractivity contribution >= 4 is 11.7 Å². The van der Waals surface area contributed by atoms with Crippen LogP contribution < -0.4 is 5.32 Å². The molecule has 0 amide bonds. The lowest BCUT2D eigenvalue weighted by Crippen LogP contribution is -2.05. The molecule has 1 aromatic carbocycles. The molecule has 14 heavy (non-hydrogen) atoms. The molecule has 1 aromatic rings. The highest BCUT2D eigenvalue weighted by atomic mass is 16.5. The van der Waals surface area contributed by atoms with Gasteiger partial charge in [-0.3, -0.25) is 0 Å². The maximum Gasteiger partial charge on any atom is 0.339 e. The summed E-state index contributed by atoms with van der Waals surface area (Å²) < 4.78 is 4.76. The molecule has 0 spiro atoms. The molecule has 0 fully saturated rings. The van der Waals surface area contributed by atoms with E-state index in [1.54, 1.807) is 24.3 Å². The van der Waals surface area contributed by atoms with E-state index in [-0.39, 0.29) is 6.61 Å². The molecule has 3 nitrogen and oxygen atoms in total. The van der Waals surface area contributed by atoms with Gasteiger partial charge < -0.3 is 10.1 Å². The number of anilines is 1. The number of hydrogen-bond acceptors (Lipinski definition) is 3. The molecule has 0 unspecified atom stereocenters. The third-order valence-electron chi connectivity index (χ3n) is 1.70. The van der Waals surface area contributed by atoms with Gasteiger partial charge in [0, 0.05) is 12.7 Å². The zero-order valence-electron chi connectivity index (χ0n) is 7.91. The lowest BCUT2D eigenvalue weighted by Gasteiger charge is -2.02. The van der Waals surface area contributed by atoms with E-state index in [2.05, 4.69) is 11.2 Å². The lowest BCUT2D eigenvalue weighted by atomic mass is 10.2. The molecular formula is C11H11NO2. The summed E-state index contributed by atoms with van der Waals surface area (Å²) in [5, 5.41) is 2.95. The van der Waals surface area contributed by atoms with Crippen molar-refractivity contribution in [3.05, 3.63) is 29.8 Å². The van der Waals surface area contributed by atoms with Crippen molar-refractivity contribution < 1.29 is 9.53 Å². The van der Waals surface area contributed by atoms with E-state index in [1.807, 2.05) is 7.05 Å². The zero-order valence-corrected chi connectivity index (χ0v) is 7.91. The Bertz CT molecular complexity index is 349. The second-order valence-electron chi connectivity index (χ2n) is 2.61. The van der Waals surface area contributed by atoms with Gasteiger partial charge in [0.25, 0.3) is 0 Å². The molecule has 0 saturated carbocycles. The van der Waals surface area contributed by atoms with Gasteiger partial charge in [0.05, 0.1) is 5.56 Å². The van der Waals surface area contributed by atoms with Crippen molar-refractivity contribution in [3.63, 3.8) is 0 Å². The van der Waals surface area contributed by atoms with E-state index in [1.165, 1.54) is 0 Å². The van der Waals surface area contributed by atoms with Crippen LogP contribution in [-0.4, -0.2) is 19.6 Å². The van der Waals surface area contributed by atoms with Gasteiger partial charge >= 0.3 is 5.97 Å². The first-order chi connectivity index (χ1) is 6.77. The van der Waals surface area contributed by atoms with Crippen LogP contribution >= 0.6 is 0 Å². The molecule has 1 rings (SSSR count). The molecule has 72 valence electrons. The van der Waals surface area contributed by atoms with Crippen LogP contribution in [0.2, 0.25) is 0 Å². The van der Waals surface area contributed by atoms with Crippen molar-refractivity contribution in [2.75, 3.05) is 19.0 Å². The molecule has 0 radical (unpaired) electrons. The van der Waals surface area contributed by atoms with E-state index >= 15 is 0 Å². The van der Waals surface area contributed by atoms with Gasteiger partial charge in [-0.1, -0.05) is 5.92 Å². The number of hydrogen-bond donors (Lipinski definition) is 1. The lowest BCUT2D eigenvalue weighted by molar-refractivity contribution is 0.0557. The van der Waals surface area contributed by atoms with Gasteiger partial charge in [0.2, 0.25) is 0 Å². The number of carbonyl (C=O) groups excluding carboxylic acids is 1. The van der Waals surface area contributed by atoms with E-state index < -0.39 is 5.97 Å². The Kier molecular flexibility index (Phi) is 3.57. The highest BCUT2D eigenvalue weighted by Crippen LogP contribution is 2.09. The van der Waals surface area contributed by atoms with Crippen molar-refractivity contribution in [1.82, 2.24) is 0 Å². The molecule has 0 aliphatic carbocycles. The Labute approximate surface area is 83.1 Å². The number of carbonyl (C=O) groups is 1. The number of nitrogens with one attached hydrogen (secondary N) is 1. The van der Waals surface area contributed by atoms with Crippen molar-refractivity contribution in [3.8, 4) is 12.3 Å². The number of terminal acetylenes is 1. The van der Waals surface area contributed by atoms with Gasteiger partial charge in [-0.15, -0.1) is 6.42 Å². The summed E-state index contributed by atoms with van der Waals surface area (Å²) in [4.78, 5) is 11.3. The van der Waals surface area contributed by atoms with E-state index in [0.717, 1.165) is 5.69 Å². The Morgan fingerprint density at radius 1 is 1.50 bits per heavy atom. The topological polar surface area (TPSA) is 38.3 Å². The third kappa shape index (κ3) is 2.53. The van der Waals surface area contributed by atoms with E-state index in [9.17, 15) is 4.79 Å². The molecule has 0 atom stereocenters. The van der Waals surface area contributed by atoms with Crippen molar-refractivity contribution in [2.45, 2.75) is 0 Å². The minimum Gasteiger partial charge on any atom is -0.449 e. The molecular weight excluding hydrogens is 178 g/mol. The summed E-state index contributed by atoms with van der Waals surface area (Å²) in [5.41, 5.74) is 1.44. The third-order valence-corrected chi connectivity index (χ3v) is 1.70. The first-order valence-corrected chi connectivity index (χ1v) is 4.16. The van der Waals surface area contributed by atoms with E-state index in [0.29, 0.717) is 5.56 Å². The summed E-state index contributed by atoms with van der Waals surface area (Å²) in [6.07, 6.45) is 4.96. The van der Waals surface area contributed by atoms with Gasteiger partial charge in [0.1, 0.15) is 0 Å². The van der Waals surface area contributed by atoms with Crippen LogP contribution in [0.3, 0.4) is 0 Å². The summed E-state index contributed by atoms with van der Waals surface area (Å²) in [5.74, 6) is 1.84. The maximum absolute atomic E-state index is 11.3. The zero-order chi connectivity index (χ0) is 10.4. The average Bonchev–Trinajstić information content (AvgIpc) is 2.26. The van der Waals surface area contributed by atoms with Crippen molar-refractivity contribution in [2.24, 2.45) is 0 Å². The van der Waals surface area contributed by atoms with Gasteiger partial charge in [-0.05, 0) is 24.3 Å². The number of benzene rings is 1. The van der Waals surface area contributed by atoms with Crippen LogP contribution in [0.4, 0.5) is 5.69 Å². The fourth-order valence-electron chi connectivity index (χ4n) is 0.964. The van der Waals surface area contributed by atoms with Crippen LogP contribution in [0.15, 0.2) is 24.3 Å². The molecule has 0 aromatic heterocycles. The first-order valence-electron chi connectivity index (χ1n) is 4.16. The van der Waals surface area contributed by atoms with Crippen LogP contribution in [-0.2, 0) is 4.74 Å². The minimum absolute atomic E-state index is 0.00656. The first kappa shape index (κ1) is 10.1. The summed E-state index contributed by atoms with van der Waals surface area (Å²) in [6, 6.07) is 6.97. The molecule has 3 heteroatoms. The Hall–Kier alpha value is -1.95. The molecule has 0 aliphatic heterocycles. The second kappa shape index (κ2) is 4.93. The maximum atomic E-state index is 11.3. The second-order valence-corrected chi connectivity index (χ2v) is 2.61. The smallest absolute Gasteiger partial charge is 0.339 e. The average molecular weight is 189 g/mol. The normalized spacial score (nSPS) is 8.86. The predicted octanol–water partition coefficient (Wildman–Crippen LogP) is 1.52. The van der Waals surface area contributed by atoms with Gasteiger partial charge in [-0.2, -0.15) is 0 Å².